The summed E-state index contributed by atoms with van der Waals surface area (Å²) in [7, 11) is 0. The quantitative estimate of drug-likeness (QED) is 0.891. The fraction of sp³-hybridized carbons (Fsp3) is 0.214. The molecule has 0 fully saturated rings. The van der Waals surface area contributed by atoms with Crippen LogP contribution in [0.15, 0.2) is 36.5 Å². The number of aromatic carboxylic acids is 1. The molecule has 1 atom stereocenters. The number of nitrogens with zero attached hydrogens (tertiary/aromatic N) is 3. The number of benzene rings is 1. The molecule has 1 N–H and O–H groups in total. The first-order valence-electron chi connectivity index (χ1n) is 6.10. The van der Waals surface area contributed by atoms with Gasteiger partial charge in [-0.05, 0) is 31.0 Å². The third kappa shape index (κ3) is 1.93. The van der Waals surface area contributed by atoms with Gasteiger partial charge in [0.25, 0.3) is 0 Å². The van der Waals surface area contributed by atoms with Crippen molar-refractivity contribution in [1.29, 1.82) is 0 Å². The summed E-state index contributed by atoms with van der Waals surface area (Å²) in [4.78, 5) is 21.3. The van der Waals surface area contributed by atoms with Crippen LogP contribution in [0, 0.1) is 0 Å². The predicted octanol–water partition coefficient (Wildman–Crippen LogP) is 2.26. The van der Waals surface area contributed by atoms with E-state index in [1.54, 1.807) is 0 Å². The molecule has 5 heteroatoms. The summed E-state index contributed by atoms with van der Waals surface area (Å²) in [5, 5.41) is 9.00. The van der Waals surface area contributed by atoms with E-state index in [2.05, 4.69) is 23.0 Å². The molecule has 0 spiro atoms. The number of carboxylic acid groups (broad SMARTS) is 1. The van der Waals surface area contributed by atoms with Crippen molar-refractivity contribution >= 4 is 17.6 Å². The van der Waals surface area contributed by atoms with Crippen LogP contribution in [-0.2, 0) is 6.42 Å². The van der Waals surface area contributed by atoms with Crippen LogP contribution < -0.4 is 4.90 Å². The monoisotopic (exact) mass is 255 g/mol. The van der Waals surface area contributed by atoms with Gasteiger partial charge in [0, 0.05) is 17.9 Å². The zero-order valence-corrected chi connectivity index (χ0v) is 10.4. The van der Waals surface area contributed by atoms with E-state index in [-0.39, 0.29) is 11.7 Å². The molecule has 96 valence electrons. The normalized spacial score (nSPS) is 17.3. The van der Waals surface area contributed by atoms with E-state index >= 15 is 0 Å². The topological polar surface area (TPSA) is 66.3 Å². The molecule has 0 radical (unpaired) electrons. The zero-order valence-electron chi connectivity index (χ0n) is 10.4. The smallest absolute Gasteiger partial charge is 0.354 e. The molecule has 3 rings (SSSR count). The first kappa shape index (κ1) is 11.6. The highest BCUT2D eigenvalue weighted by Crippen LogP contribution is 2.36. The maximum Gasteiger partial charge on any atom is 0.354 e. The van der Waals surface area contributed by atoms with E-state index in [9.17, 15) is 4.79 Å². The number of aromatic nitrogens is 2. The lowest BCUT2D eigenvalue weighted by molar-refractivity contribution is 0.0690. The van der Waals surface area contributed by atoms with Crippen LogP contribution >= 0.6 is 0 Å². The van der Waals surface area contributed by atoms with E-state index in [0.717, 1.165) is 12.1 Å². The molecule has 1 aliphatic heterocycles. The Morgan fingerprint density at radius 1 is 1.37 bits per heavy atom. The van der Waals surface area contributed by atoms with E-state index < -0.39 is 5.97 Å². The van der Waals surface area contributed by atoms with Crippen molar-refractivity contribution in [3.63, 3.8) is 0 Å². The van der Waals surface area contributed by atoms with E-state index in [1.807, 2.05) is 23.1 Å². The Hall–Kier alpha value is -2.43. The van der Waals surface area contributed by atoms with Crippen molar-refractivity contribution in [2.24, 2.45) is 0 Å². The Balaban J connectivity index is 2.07. The molecular formula is C14H13N3O2. The van der Waals surface area contributed by atoms with Gasteiger partial charge in [0.15, 0.2) is 5.69 Å². The highest BCUT2D eigenvalue weighted by Gasteiger charge is 2.28. The van der Waals surface area contributed by atoms with Gasteiger partial charge in [-0.1, -0.05) is 18.2 Å². The lowest BCUT2D eigenvalue weighted by Gasteiger charge is -2.22. The van der Waals surface area contributed by atoms with Gasteiger partial charge in [0.1, 0.15) is 0 Å². The van der Waals surface area contributed by atoms with Gasteiger partial charge in [-0.2, -0.15) is 0 Å². The zero-order chi connectivity index (χ0) is 13.4. The summed E-state index contributed by atoms with van der Waals surface area (Å²) in [6, 6.07) is 9.68. The lowest BCUT2D eigenvalue weighted by atomic mass is 10.1. The van der Waals surface area contributed by atoms with Gasteiger partial charge in [-0.3, -0.25) is 0 Å². The third-order valence-electron chi connectivity index (χ3n) is 3.28. The minimum absolute atomic E-state index is 0.0154. The Morgan fingerprint density at radius 2 is 2.16 bits per heavy atom. The van der Waals surface area contributed by atoms with Gasteiger partial charge in [0.2, 0.25) is 5.95 Å². The molecule has 0 saturated carbocycles. The minimum atomic E-state index is -1.04. The van der Waals surface area contributed by atoms with E-state index in [4.69, 9.17) is 5.11 Å². The van der Waals surface area contributed by atoms with Gasteiger partial charge in [0.05, 0.1) is 0 Å². The number of para-hydroxylation sites is 1. The maximum absolute atomic E-state index is 11.0. The number of rotatable bonds is 2. The maximum atomic E-state index is 11.0. The third-order valence-corrected chi connectivity index (χ3v) is 3.28. The van der Waals surface area contributed by atoms with Gasteiger partial charge >= 0.3 is 5.97 Å². The first-order valence-corrected chi connectivity index (χ1v) is 6.10. The average molecular weight is 255 g/mol. The number of anilines is 2. The summed E-state index contributed by atoms with van der Waals surface area (Å²) in [5.41, 5.74) is 2.30. The Morgan fingerprint density at radius 3 is 2.95 bits per heavy atom. The summed E-state index contributed by atoms with van der Waals surface area (Å²) in [6.07, 6.45) is 2.40. The minimum Gasteiger partial charge on any atom is -0.477 e. The molecule has 2 aromatic rings. The highest BCUT2D eigenvalue weighted by atomic mass is 16.4. The fourth-order valence-corrected chi connectivity index (χ4v) is 2.45. The molecule has 19 heavy (non-hydrogen) atoms. The van der Waals surface area contributed by atoms with Crippen LogP contribution in [0.3, 0.4) is 0 Å². The second-order valence-electron chi connectivity index (χ2n) is 4.60. The van der Waals surface area contributed by atoms with Gasteiger partial charge < -0.3 is 10.0 Å². The number of hydrogen-bond donors (Lipinski definition) is 1. The fourth-order valence-electron chi connectivity index (χ4n) is 2.45. The molecule has 5 nitrogen and oxygen atoms in total. The van der Waals surface area contributed by atoms with Crippen molar-refractivity contribution in [3.05, 3.63) is 47.8 Å². The molecule has 0 bridgehead atoms. The summed E-state index contributed by atoms with van der Waals surface area (Å²) in [6.45, 7) is 2.08. The molecule has 1 aromatic heterocycles. The van der Waals surface area contributed by atoms with Crippen LogP contribution in [0.2, 0.25) is 0 Å². The number of carboxylic acids is 1. The number of hydrogen-bond acceptors (Lipinski definition) is 4. The Bertz CT molecular complexity index is 642. The largest absolute Gasteiger partial charge is 0.477 e. The van der Waals surface area contributed by atoms with Crippen molar-refractivity contribution in [3.8, 4) is 0 Å². The SMILES string of the molecule is CC1Cc2ccccc2N1c1nccc(C(=O)O)n1. The molecule has 0 amide bonds. The number of carbonyl (C=O) groups is 1. The molecule has 0 aliphatic carbocycles. The van der Waals surface area contributed by atoms with Crippen LogP contribution in [0.5, 0.6) is 0 Å². The molecular weight excluding hydrogens is 242 g/mol. The second kappa shape index (κ2) is 4.35. The average Bonchev–Trinajstić information content (AvgIpc) is 2.74. The van der Waals surface area contributed by atoms with E-state index in [1.165, 1.54) is 17.8 Å². The van der Waals surface area contributed by atoms with E-state index in [0.29, 0.717) is 5.95 Å². The van der Waals surface area contributed by atoms with Crippen molar-refractivity contribution in [1.82, 2.24) is 9.97 Å². The van der Waals surface area contributed by atoms with Crippen LogP contribution in [-0.4, -0.2) is 27.1 Å². The number of fused-ring (bicyclic) bond motifs is 1. The summed E-state index contributed by atoms with van der Waals surface area (Å²) < 4.78 is 0. The van der Waals surface area contributed by atoms with Crippen molar-refractivity contribution in [2.75, 3.05) is 4.90 Å². The molecule has 0 saturated heterocycles. The molecule has 1 unspecified atom stereocenters. The van der Waals surface area contributed by atoms with Crippen LogP contribution in [0.25, 0.3) is 0 Å². The summed E-state index contributed by atoms with van der Waals surface area (Å²) in [5.74, 6) is -0.596. The standard InChI is InChI=1S/C14H13N3O2/c1-9-8-10-4-2-3-5-12(10)17(9)14-15-7-6-11(16-14)13(18)19/h2-7,9H,8H2,1H3,(H,18,19). The Labute approximate surface area is 110 Å². The van der Waals surface area contributed by atoms with Crippen LogP contribution in [0.4, 0.5) is 11.6 Å². The van der Waals surface area contributed by atoms with Gasteiger partial charge in [-0.25, -0.2) is 14.8 Å². The lowest BCUT2D eigenvalue weighted by Crippen LogP contribution is -2.26. The predicted molar refractivity (Wildman–Crippen MR) is 70.7 cm³/mol. The molecule has 1 aromatic carbocycles. The van der Waals surface area contributed by atoms with Crippen molar-refractivity contribution in [2.45, 2.75) is 19.4 Å². The van der Waals surface area contributed by atoms with Crippen LogP contribution in [0.1, 0.15) is 23.0 Å². The van der Waals surface area contributed by atoms with Gasteiger partial charge in [-0.15, -0.1) is 0 Å². The highest BCUT2D eigenvalue weighted by molar-refractivity contribution is 5.85. The summed E-state index contributed by atoms with van der Waals surface area (Å²) >= 11 is 0. The van der Waals surface area contributed by atoms with Crippen molar-refractivity contribution < 1.29 is 9.90 Å². The second-order valence-corrected chi connectivity index (χ2v) is 4.60. The molecule has 1 aliphatic rings. The Kier molecular flexibility index (Phi) is 2.67. The molecule has 2 heterocycles. The first-order chi connectivity index (χ1) is 9.16.